The Bertz CT molecular complexity index is 1080. The van der Waals surface area contributed by atoms with E-state index in [9.17, 15) is 30.8 Å². The molecule has 9 nitrogen and oxygen atoms in total. The first-order valence-electron chi connectivity index (χ1n) is 10.3. The predicted molar refractivity (Wildman–Crippen MR) is 113 cm³/mol. The highest BCUT2D eigenvalue weighted by Crippen LogP contribution is 2.26. The van der Waals surface area contributed by atoms with Crippen molar-refractivity contribution in [3.05, 3.63) is 30.1 Å². The zero-order valence-electron chi connectivity index (χ0n) is 17.9. The highest BCUT2D eigenvalue weighted by molar-refractivity contribution is 7.91. The number of carbonyl (C=O) groups excluding carboxylic acids is 2. The number of halogens is 1. The second-order valence-electron chi connectivity index (χ2n) is 8.19. The number of ether oxygens (including phenoxy) is 1. The van der Waals surface area contributed by atoms with Gasteiger partial charge in [0.05, 0.1) is 17.4 Å². The van der Waals surface area contributed by atoms with Crippen LogP contribution in [0, 0.1) is 11.7 Å². The minimum atomic E-state index is -4.01. The molecule has 0 saturated carbocycles. The number of amides is 1. The van der Waals surface area contributed by atoms with E-state index in [1.165, 1.54) is 37.1 Å². The number of sulfonamides is 1. The zero-order chi connectivity index (χ0) is 23.7. The van der Waals surface area contributed by atoms with Gasteiger partial charge in [-0.1, -0.05) is 12.1 Å². The van der Waals surface area contributed by atoms with E-state index in [0.29, 0.717) is 6.42 Å². The fourth-order valence-electron chi connectivity index (χ4n) is 3.99. The molecule has 12 heteroatoms. The maximum Gasteiger partial charge on any atom is 0.309 e. The molecule has 0 bridgehead atoms. The molecule has 2 aliphatic rings. The Morgan fingerprint density at radius 2 is 1.81 bits per heavy atom. The summed E-state index contributed by atoms with van der Waals surface area (Å²) in [7, 11) is -5.68. The van der Waals surface area contributed by atoms with Crippen LogP contribution >= 0.6 is 0 Å². The number of hydrogen-bond donors (Lipinski definition) is 0. The van der Waals surface area contributed by atoms with Gasteiger partial charge in [0.1, 0.15) is 10.7 Å². The number of hydrogen-bond acceptors (Lipinski definition) is 7. The van der Waals surface area contributed by atoms with Crippen LogP contribution in [-0.4, -0.2) is 81.7 Å². The van der Waals surface area contributed by atoms with E-state index >= 15 is 0 Å². The summed E-state index contributed by atoms with van der Waals surface area (Å²) in [4.78, 5) is 26.0. The summed E-state index contributed by atoms with van der Waals surface area (Å²) in [5.41, 5.74) is 0. The van der Waals surface area contributed by atoms with Crippen molar-refractivity contribution < 1.29 is 35.6 Å². The lowest BCUT2D eigenvalue weighted by molar-refractivity contribution is -0.163. The Morgan fingerprint density at radius 3 is 2.38 bits per heavy atom. The van der Waals surface area contributed by atoms with Gasteiger partial charge < -0.3 is 9.64 Å². The third-order valence-electron chi connectivity index (χ3n) is 5.99. The second-order valence-corrected chi connectivity index (χ2v) is 12.3. The second kappa shape index (κ2) is 9.44. The third kappa shape index (κ3) is 5.29. The summed E-state index contributed by atoms with van der Waals surface area (Å²) in [6, 6.07) is 4.68. The lowest BCUT2D eigenvalue weighted by atomic mass is 9.98. The molecule has 1 aromatic rings. The van der Waals surface area contributed by atoms with Crippen LogP contribution in [0.25, 0.3) is 0 Å². The molecule has 0 aromatic heterocycles. The van der Waals surface area contributed by atoms with Crippen LogP contribution < -0.4 is 0 Å². The van der Waals surface area contributed by atoms with E-state index in [-0.39, 0.29) is 37.4 Å². The van der Waals surface area contributed by atoms with Gasteiger partial charge in [-0.15, -0.1) is 0 Å². The molecule has 32 heavy (non-hydrogen) atoms. The molecular formula is C20H27FN2O7S2. The smallest absolute Gasteiger partial charge is 0.309 e. The van der Waals surface area contributed by atoms with Crippen molar-refractivity contribution in [3.63, 3.8) is 0 Å². The first-order valence-corrected chi connectivity index (χ1v) is 13.6. The Labute approximate surface area is 187 Å². The van der Waals surface area contributed by atoms with Gasteiger partial charge in [0.2, 0.25) is 10.0 Å². The van der Waals surface area contributed by atoms with E-state index < -0.39 is 60.5 Å². The number of esters is 1. The Hall–Kier alpha value is -2.05. The van der Waals surface area contributed by atoms with Gasteiger partial charge in [0.15, 0.2) is 15.9 Å². The van der Waals surface area contributed by atoms with Crippen LogP contribution in [0.5, 0.6) is 0 Å². The average Bonchev–Trinajstić information content (AvgIpc) is 3.12. The molecule has 0 aliphatic carbocycles. The predicted octanol–water partition coefficient (Wildman–Crippen LogP) is 0.804. The van der Waals surface area contributed by atoms with Gasteiger partial charge in [-0.05, 0) is 38.3 Å². The summed E-state index contributed by atoms with van der Waals surface area (Å²) in [6.45, 7) is 1.48. The molecule has 1 aromatic carbocycles. The van der Waals surface area contributed by atoms with E-state index in [4.69, 9.17) is 4.74 Å². The van der Waals surface area contributed by atoms with Crippen molar-refractivity contribution in [2.75, 3.05) is 31.6 Å². The number of sulfone groups is 1. The third-order valence-corrected chi connectivity index (χ3v) is 9.67. The highest BCUT2D eigenvalue weighted by atomic mass is 32.2. The fourth-order valence-corrected chi connectivity index (χ4v) is 7.30. The first kappa shape index (κ1) is 24.6. The standard InChI is InChI=1S/C20H27FN2O7S2/c1-14(19(24)22(2)16-9-12-31(26,27)13-16)30-20(25)15-7-10-23(11-8-15)32(28,29)18-6-4-3-5-17(18)21/h3-6,14-16H,7-13H2,1-2H3/t14-,16-/m1/s1. The molecule has 3 rings (SSSR count). The molecule has 2 aliphatic heterocycles. The number of benzene rings is 1. The first-order chi connectivity index (χ1) is 14.9. The number of carbonyl (C=O) groups is 2. The van der Waals surface area contributed by atoms with Gasteiger partial charge >= 0.3 is 5.97 Å². The van der Waals surface area contributed by atoms with Gasteiger partial charge in [-0.3, -0.25) is 9.59 Å². The minimum Gasteiger partial charge on any atom is -0.452 e. The molecule has 2 heterocycles. The normalized spacial score (nSPS) is 22.9. The summed E-state index contributed by atoms with van der Waals surface area (Å²) in [5, 5.41) is 0. The lowest BCUT2D eigenvalue weighted by Gasteiger charge is -2.31. The summed E-state index contributed by atoms with van der Waals surface area (Å²) in [6.07, 6.45) is -0.370. The molecule has 0 N–H and O–H groups in total. The van der Waals surface area contributed by atoms with Crippen molar-refractivity contribution in [2.24, 2.45) is 5.92 Å². The van der Waals surface area contributed by atoms with Gasteiger partial charge in [-0.25, -0.2) is 21.2 Å². The van der Waals surface area contributed by atoms with Crippen LogP contribution in [0.4, 0.5) is 4.39 Å². The highest BCUT2D eigenvalue weighted by Gasteiger charge is 2.37. The Kier molecular flexibility index (Phi) is 7.25. The maximum absolute atomic E-state index is 13.9. The monoisotopic (exact) mass is 490 g/mol. The number of rotatable bonds is 6. The van der Waals surface area contributed by atoms with E-state index in [0.717, 1.165) is 10.4 Å². The number of nitrogens with zero attached hydrogens (tertiary/aromatic N) is 2. The summed E-state index contributed by atoms with van der Waals surface area (Å²) >= 11 is 0. The van der Waals surface area contributed by atoms with E-state index in [1.807, 2.05) is 0 Å². The van der Waals surface area contributed by atoms with Crippen LogP contribution in [0.15, 0.2) is 29.2 Å². The molecule has 0 unspecified atom stereocenters. The molecule has 2 atom stereocenters. The lowest BCUT2D eigenvalue weighted by Crippen LogP contribution is -2.45. The number of piperidine rings is 1. The molecule has 2 saturated heterocycles. The van der Waals surface area contributed by atoms with E-state index in [1.54, 1.807) is 0 Å². The van der Waals surface area contributed by atoms with Crippen LogP contribution in [0.2, 0.25) is 0 Å². The van der Waals surface area contributed by atoms with Crippen LogP contribution in [0.1, 0.15) is 26.2 Å². The molecule has 2 fully saturated rings. The Morgan fingerprint density at radius 1 is 1.19 bits per heavy atom. The SMILES string of the molecule is C[C@@H](OC(=O)C1CCN(S(=O)(=O)c2ccccc2F)CC1)C(=O)N(C)[C@@H]1CCS(=O)(=O)C1. The minimum absolute atomic E-state index is 0.0256. The largest absolute Gasteiger partial charge is 0.452 e. The summed E-state index contributed by atoms with van der Waals surface area (Å²) in [5.74, 6) is -2.60. The molecule has 1 amide bonds. The quantitative estimate of drug-likeness (QED) is 0.541. The van der Waals surface area contributed by atoms with Gasteiger partial charge in [0.25, 0.3) is 5.91 Å². The topological polar surface area (TPSA) is 118 Å². The van der Waals surface area contributed by atoms with Crippen molar-refractivity contribution in [1.29, 1.82) is 0 Å². The zero-order valence-corrected chi connectivity index (χ0v) is 19.6. The van der Waals surface area contributed by atoms with Crippen molar-refractivity contribution in [1.82, 2.24) is 9.21 Å². The van der Waals surface area contributed by atoms with Crippen molar-refractivity contribution >= 4 is 31.7 Å². The fraction of sp³-hybridized carbons (Fsp3) is 0.600. The van der Waals surface area contributed by atoms with Crippen molar-refractivity contribution in [2.45, 2.75) is 43.2 Å². The molecule has 0 radical (unpaired) electrons. The maximum atomic E-state index is 13.9. The Balaban J connectivity index is 1.54. The number of likely N-dealkylation sites (N-methyl/N-ethyl adjacent to an activating group) is 1. The average molecular weight is 491 g/mol. The van der Waals surface area contributed by atoms with Crippen LogP contribution in [0.3, 0.4) is 0 Å². The molecule has 178 valence electrons. The van der Waals surface area contributed by atoms with E-state index in [2.05, 4.69) is 0 Å². The molecule has 0 spiro atoms. The molecular weight excluding hydrogens is 463 g/mol. The van der Waals surface area contributed by atoms with Gasteiger partial charge in [-0.2, -0.15) is 4.31 Å². The summed E-state index contributed by atoms with van der Waals surface area (Å²) < 4.78 is 69.0. The van der Waals surface area contributed by atoms with Gasteiger partial charge in [0, 0.05) is 26.2 Å². The van der Waals surface area contributed by atoms with Crippen molar-refractivity contribution in [3.8, 4) is 0 Å². The van der Waals surface area contributed by atoms with Crippen LogP contribution in [-0.2, 0) is 34.2 Å².